The van der Waals surface area contributed by atoms with E-state index in [9.17, 15) is 0 Å². The molecule has 2 fully saturated rings. The molecule has 0 aromatic heterocycles. The van der Waals surface area contributed by atoms with E-state index in [4.69, 9.17) is 0 Å². The van der Waals surface area contributed by atoms with Gasteiger partial charge in [-0.2, -0.15) is 0 Å². The van der Waals surface area contributed by atoms with Crippen LogP contribution in [0.2, 0.25) is 0 Å². The fraction of sp³-hybridized carbons (Fsp3) is 1.00. The zero-order valence-corrected chi connectivity index (χ0v) is 7.19. The summed E-state index contributed by atoms with van der Waals surface area (Å²) in [6, 6.07) is 0. The highest BCUT2D eigenvalue weighted by atomic mass is 14.7. The van der Waals surface area contributed by atoms with Gasteiger partial charge in [-0.1, -0.05) is 26.7 Å². The Bertz CT molecular complexity index is 133. The lowest BCUT2D eigenvalue weighted by atomic mass is 9.98. The molecule has 0 bridgehead atoms. The van der Waals surface area contributed by atoms with Crippen molar-refractivity contribution in [1.29, 1.82) is 0 Å². The monoisotopic (exact) mass is 138 g/mol. The summed E-state index contributed by atoms with van der Waals surface area (Å²) in [6.45, 7) is 4.75. The van der Waals surface area contributed by atoms with E-state index in [-0.39, 0.29) is 0 Å². The maximum Gasteiger partial charge on any atom is -0.0263 e. The predicted octanol–water partition coefficient (Wildman–Crippen LogP) is 3.22. The Morgan fingerprint density at radius 2 is 2.20 bits per heavy atom. The molecule has 0 aliphatic heterocycles. The van der Waals surface area contributed by atoms with Crippen LogP contribution in [0, 0.1) is 17.3 Å². The van der Waals surface area contributed by atoms with Crippen LogP contribution in [0.5, 0.6) is 0 Å². The first kappa shape index (κ1) is 6.69. The fourth-order valence-corrected chi connectivity index (χ4v) is 2.58. The second-order valence-corrected chi connectivity index (χ2v) is 4.44. The smallest absolute Gasteiger partial charge is 0.0263 e. The average Bonchev–Trinajstić information content (AvgIpc) is 2.76. The van der Waals surface area contributed by atoms with Gasteiger partial charge in [0.25, 0.3) is 0 Å². The molecule has 0 aromatic rings. The summed E-state index contributed by atoms with van der Waals surface area (Å²) in [5, 5.41) is 0. The van der Waals surface area contributed by atoms with Crippen LogP contribution in [0.3, 0.4) is 0 Å². The van der Waals surface area contributed by atoms with Gasteiger partial charge in [0, 0.05) is 0 Å². The average molecular weight is 138 g/mol. The van der Waals surface area contributed by atoms with Crippen LogP contribution in [0.1, 0.15) is 46.0 Å². The Morgan fingerprint density at radius 1 is 1.50 bits per heavy atom. The summed E-state index contributed by atoms with van der Waals surface area (Å²) in [6.07, 6.45) is 7.55. The summed E-state index contributed by atoms with van der Waals surface area (Å²) in [4.78, 5) is 0. The van der Waals surface area contributed by atoms with E-state index in [1.54, 1.807) is 19.3 Å². The highest BCUT2D eigenvalue weighted by Crippen LogP contribution is 2.73. The summed E-state index contributed by atoms with van der Waals surface area (Å²) in [5.74, 6) is 2.18. The third-order valence-electron chi connectivity index (χ3n) is 3.58. The van der Waals surface area contributed by atoms with Crippen molar-refractivity contribution in [2.75, 3.05) is 0 Å². The second-order valence-electron chi connectivity index (χ2n) is 4.44. The van der Waals surface area contributed by atoms with Crippen LogP contribution in [0.15, 0.2) is 0 Å². The van der Waals surface area contributed by atoms with Crippen molar-refractivity contribution in [2.24, 2.45) is 17.3 Å². The lowest BCUT2D eigenvalue weighted by Crippen LogP contribution is -1.98. The minimum absolute atomic E-state index is 0.939. The van der Waals surface area contributed by atoms with Gasteiger partial charge < -0.3 is 0 Å². The van der Waals surface area contributed by atoms with Crippen molar-refractivity contribution < 1.29 is 0 Å². The highest BCUT2D eigenvalue weighted by molar-refractivity contribution is 5.13. The van der Waals surface area contributed by atoms with Crippen molar-refractivity contribution in [3.8, 4) is 0 Å². The van der Waals surface area contributed by atoms with Crippen molar-refractivity contribution in [2.45, 2.75) is 46.0 Å². The topological polar surface area (TPSA) is 0 Å². The van der Waals surface area contributed by atoms with Gasteiger partial charge in [0.05, 0.1) is 0 Å². The lowest BCUT2D eigenvalue weighted by molar-refractivity contribution is 0.432. The van der Waals surface area contributed by atoms with Crippen molar-refractivity contribution in [3.05, 3.63) is 0 Å². The van der Waals surface area contributed by atoms with Crippen LogP contribution in [0.4, 0.5) is 0 Å². The van der Waals surface area contributed by atoms with E-state index in [1.807, 2.05) is 0 Å². The molecule has 10 heavy (non-hydrogen) atoms. The van der Waals surface area contributed by atoms with Crippen LogP contribution in [0.25, 0.3) is 0 Å². The third kappa shape index (κ3) is 0.889. The van der Waals surface area contributed by atoms with Gasteiger partial charge >= 0.3 is 0 Å². The maximum absolute atomic E-state index is 2.45. The zero-order valence-electron chi connectivity index (χ0n) is 7.19. The van der Waals surface area contributed by atoms with Gasteiger partial charge in [-0.15, -0.1) is 0 Å². The Kier molecular flexibility index (Phi) is 1.33. The molecule has 2 saturated carbocycles. The van der Waals surface area contributed by atoms with Gasteiger partial charge in [0.15, 0.2) is 0 Å². The summed E-state index contributed by atoms with van der Waals surface area (Å²) in [5.41, 5.74) is 0.939. The Morgan fingerprint density at radius 3 is 2.60 bits per heavy atom. The van der Waals surface area contributed by atoms with E-state index >= 15 is 0 Å². The maximum atomic E-state index is 2.45. The molecule has 0 amide bonds. The third-order valence-corrected chi connectivity index (χ3v) is 3.58. The van der Waals surface area contributed by atoms with E-state index < -0.39 is 0 Å². The Labute approximate surface area is 64.0 Å². The van der Waals surface area contributed by atoms with Gasteiger partial charge in [-0.05, 0) is 36.5 Å². The van der Waals surface area contributed by atoms with Gasteiger partial charge in [-0.25, -0.2) is 0 Å². The van der Waals surface area contributed by atoms with Gasteiger partial charge in [-0.3, -0.25) is 0 Å². The summed E-state index contributed by atoms with van der Waals surface area (Å²) in [7, 11) is 0. The molecule has 0 radical (unpaired) electrons. The van der Waals surface area contributed by atoms with Crippen molar-refractivity contribution in [3.63, 3.8) is 0 Å². The molecule has 0 saturated heterocycles. The molecule has 0 nitrogen and oxygen atoms in total. The molecule has 58 valence electrons. The zero-order chi connectivity index (χ0) is 7.19. The molecule has 0 N–H and O–H groups in total. The molecule has 2 unspecified atom stereocenters. The van der Waals surface area contributed by atoms with Gasteiger partial charge in [0.1, 0.15) is 0 Å². The standard InChI is InChI=1S/C10H18/c1-3-4-8(2)9-7-10(9)5-6-10/h8-9H,3-7H2,1-2H3. The first-order valence-electron chi connectivity index (χ1n) is 4.78. The molecular weight excluding hydrogens is 120 g/mol. The molecule has 0 aromatic carbocycles. The van der Waals surface area contributed by atoms with Crippen molar-refractivity contribution >= 4 is 0 Å². The first-order chi connectivity index (χ1) is 4.78. The lowest BCUT2D eigenvalue weighted by Gasteiger charge is -2.07. The number of hydrogen-bond donors (Lipinski definition) is 0. The molecule has 0 heteroatoms. The predicted molar refractivity (Wildman–Crippen MR) is 43.8 cm³/mol. The first-order valence-corrected chi connectivity index (χ1v) is 4.78. The molecule has 0 heterocycles. The molecule has 2 aliphatic carbocycles. The largest absolute Gasteiger partial charge is 0.0654 e. The number of rotatable bonds is 3. The SMILES string of the molecule is CCCC(C)C1CC12CC2. The molecule has 2 atom stereocenters. The molecular formula is C10H18. The fourth-order valence-electron chi connectivity index (χ4n) is 2.58. The molecule has 1 spiro atoms. The van der Waals surface area contributed by atoms with Crippen LogP contribution in [-0.2, 0) is 0 Å². The minimum Gasteiger partial charge on any atom is -0.0654 e. The Hall–Kier alpha value is 0. The van der Waals surface area contributed by atoms with Crippen molar-refractivity contribution in [1.82, 2.24) is 0 Å². The molecule has 2 rings (SSSR count). The van der Waals surface area contributed by atoms with E-state index in [2.05, 4.69) is 13.8 Å². The quantitative estimate of drug-likeness (QED) is 0.561. The van der Waals surface area contributed by atoms with E-state index in [0.29, 0.717) is 0 Å². The van der Waals surface area contributed by atoms with Crippen LogP contribution >= 0.6 is 0 Å². The molecule has 2 aliphatic rings. The number of hydrogen-bond acceptors (Lipinski definition) is 0. The highest BCUT2D eigenvalue weighted by Gasteiger charge is 2.63. The second kappa shape index (κ2) is 1.99. The van der Waals surface area contributed by atoms with Gasteiger partial charge in [0.2, 0.25) is 0 Å². The Balaban J connectivity index is 1.79. The summed E-state index contributed by atoms with van der Waals surface area (Å²) >= 11 is 0. The van der Waals surface area contributed by atoms with E-state index in [0.717, 1.165) is 17.3 Å². The van der Waals surface area contributed by atoms with E-state index in [1.165, 1.54) is 12.8 Å². The van der Waals surface area contributed by atoms with Crippen LogP contribution in [-0.4, -0.2) is 0 Å². The summed E-state index contributed by atoms with van der Waals surface area (Å²) < 4.78 is 0. The minimum atomic E-state index is 0.939. The normalized spacial score (nSPS) is 36.0. The van der Waals surface area contributed by atoms with Crippen LogP contribution < -0.4 is 0 Å².